The topological polar surface area (TPSA) is 43.4 Å². The van der Waals surface area contributed by atoms with Gasteiger partial charge in [-0.1, -0.05) is 25.0 Å². The van der Waals surface area contributed by atoms with Gasteiger partial charge in [0, 0.05) is 18.3 Å². The molecule has 25 heavy (non-hydrogen) atoms. The highest BCUT2D eigenvalue weighted by molar-refractivity contribution is 5.79. The van der Waals surface area contributed by atoms with Crippen LogP contribution in [-0.2, 0) is 14.3 Å². The third-order valence-electron chi connectivity index (χ3n) is 8.51. The number of carbonyl (C=O) groups excluding carboxylic acids is 2. The fourth-order valence-corrected chi connectivity index (χ4v) is 7.22. The number of ether oxygens (including phenoxy) is 1. The Morgan fingerprint density at radius 1 is 1.08 bits per heavy atom. The Labute approximate surface area is 151 Å². The highest BCUT2D eigenvalue weighted by atomic mass is 16.5. The summed E-state index contributed by atoms with van der Waals surface area (Å²) in [5.41, 5.74) is 3.57. The number of fused-ring (bicyclic) bond motifs is 4. The van der Waals surface area contributed by atoms with Crippen molar-refractivity contribution < 1.29 is 14.3 Å². The summed E-state index contributed by atoms with van der Waals surface area (Å²) in [6.45, 7) is 8.64. The minimum atomic E-state index is -0.0246. The van der Waals surface area contributed by atoms with Crippen LogP contribution in [-0.4, -0.2) is 17.9 Å². The van der Waals surface area contributed by atoms with Crippen molar-refractivity contribution >= 4 is 11.8 Å². The molecule has 0 aromatic carbocycles. The van der Waals surface area contributed by atoms with Crippen LogP contribution in [0.2, 0.25) is 0 Å². The van der Waals surface area contributed by atoms with Gasteiger partial charge in [-0.2, -0.15) is 0 Å². The van der Waals surface area contributed by atoms with Gasteiger partial charge in [-0.3, -0.25) is 9.59 Å². The van der Waals surface area contributed by atoms with Gasteiger partial charge in [0.25, 0.3) is 0 Å². The maximum Gasteiger partial charge on any atom is 0.306 e. The van der Waals surface area contributed by atoms with Gasteiger partial charge in [-0.25, -0.2) is 0 Å². The highest BCUT2D eigenvalue weighted by Gasteiger charge is 2.56. The molecule has 1 saturated heterocycles. The number of esters is 1. The van der Waals surface area contributed by atoms with Gasteiger partial charge < -0.3 is 4.74 Å². The number of carbonyl (C=O) groups is 2. The number of rotatable bonds is 1. The smallest absolute Gasteiger partial charge is 0.306 e. The number of hydrogen-bond acceptors (Lipinski definition) is 3. The number of cyclic esters (lactones) is 1. The van der Waals surface area contributed by atoms with E-state index in [4.69, 9.17) is 4.74 Å². The molecule has 1 aliphatic heterocycles. The molecule has 0 unspecified atom stereocenters. The van der Waals surface area contributed by atoms with Gasteiger partial charge >= 0.3 is 5.97 Å². The Kier molecular flexibility index (Phi) is 3.94. The summed E-state index contributed by atoms with van der Waals surface area (Å²) in [7, 11) is 0. The number of hydrogen-bond donors (Lipinski definition) is 0. The molecule has 0 aromatic rings. The van der Waals surface area contributed by atoms with Crippen LogP contribution in [0.15, 0.2) is 11.1 Å². The van der Waals surface area contributed by atoms with Crippen LogP contribution in [0.1, 0.15) is 79.1 Å². The van der Waals surface area contributed by atoms with E-state index in [1.54, 1.807) is 18.1 Å². The summed E-state index contributed by atoms with van der Waals surface area (Å²) in [5.74, 6) is 1.64. The molecule has 6 atom stereocenters. The van der Waals surface area contributed by atoms with Crippen molar-refractivity contribution in [2.24, 2.45) is 28.6 Å². The molecule has 0 bridgehead atoms. The van der Waals surface area contributed by atoms with E-state index < -0.39 is 0 Å². The second kappa shape index (κ2) is 5.69. The van der Waals surface area contributed by atoms with Crippen LogP contribution in [0.3, 0.4) is 0 Å². The van der Waals surface area contributed by atoms with E-state index in [9.17, 15) is 9.59 Å². The number of allylic oxidation sites excluding steroid dienone is 2. The molecule has 0 radical (unpaired) electrons. The third kappa shape index (κ3) is 2.37. The Morgan fingerprint density at radius 3 is 2.56 bits per heavy atom. The average Bonchev–Trinajstić information content (AvgIpc) is 2.85. The molecule has 4 rings (SSSR count). The zero-order chi connectivity index (χ0) is 18.0. The van der Waals surface area contributed by atoms with E-state index in [-0.39, 0.29) is 28.8 Å². The maximum atomic E-state index is 12.2. The molecule has 0 spiro atoms. The maximum absolute atomic E-state index is 12.2. The van der Waals surface area contributed by atoms with Crippen molar-refractivity contribution in [1.29, 1.82) is 0 Å². The number of Topliss-reactive ketones (excluding diaryl/α,β-unsaturated/α-hetero) is 1. The van der Waals surface area contributed by atoms with Gasteiger partial charge in [0.05, 0.1) is 0 Å². The fourth-order valence-electron chi connectivity index (χ4n) is 7.22. The largest absolute Gasteiger partial charge is 0.462 e. The second-order valence-corrected chi connectivity index (χ2v) is 9.56. The van der Waals surface area contributed by atoms with Crippen LogP contribution in [0, 0.1) is 28.6 Å². The molecule has 3 heteroatoms. The molecule has 3 aliphatic carbocycles. The Morgan fingerprint density at radius 2 is 1.84 bits per heavy atom. The standard InChI is InChI=1S/C22H32O3/c1-13(23)16-7-8-18-15-5-6-17-14(2)25-20(24)10-12-22(17,4)19(15)9-11-21(16,18)3/h14,16-18H,5-12H2,1-4H3/t14-,16+,17-,18-,21+,22-/m0/s1. The molecule has 1 saturated carbocycles. The predicted molar refractivity (Wildman–Crippen MR) is 96.9 cm³/mol. The molecule has 0 N–H and O–H groups in total. The first-order chi connectivity index (χ1) is 11.8. The molecule has 0 amide bonds. The normalized spacial score (nSPS) is 46.6. The first-order valence-electron chi connectivity index (χ1n) is 10.2. The Hall–Kier alpha value is -1.12. The Balaban J connectivity index is 1.74. The van der Waals surface area contributed by atoms with Crippen molar-refractivity contribution in [2.75, 3.05) is 0 Å². The van der Waals surface area contributed by atoms with Crippen molar-refractivity contribution in [3.8, 4) is 0 Å². The highest BCUT2D eigenvalue weighted by Crippen LogP contribution is 2.64. The van der Waals surface area contributed by atoms with E-state index in [1.165, 1.54) is 6.42 Å². The van der Waals surface area contributed by atoms with Crippen molar-refractivity contribution in [1.82, 2.24) is 0 Å². The third-order valence-corrected chi connectivity index (χ3v) is 8.51. The quantitative estimate of drug-likeness (QED) is 0.505. The van der Waals surface area contributed by atoms with Crippen molar-refractivity contribution in [3.05, 3.63) is 11.1 Å². The first-order valence-corrected chi connectivity index (χ1v) is 10.2. The average molecular weight is 344 g/mol. The fraction of sp³-hybridized carbons (Fsp3) is 0.818. The van der Waals surface area contributed by atoms with Crippen LogP contribution >= 0.6 is 0 Å². The van der Waals surface area contributed by atoms with E-state index in [0.29, 0.717) is 24.0 Å². The summed E-state index contributed by atoms with van der Waals surface area (Å²) in [5, 5.41) is 0. The van der Waals surface area contributed by atoms with E-state index in [0.717, 1.165) is 38.5 Å². The summed E-state index contributed by atoms with van der Waals surface area (Å²) in [6, 6.07) is 0. The van der Waals surface area contributed by atoms with E-state index >= 15 is 0 Å². The second-order valence-electron chi connectivity index (χ2n) is 9.56. The monoisotopic (exact) mass is 344 g/mol. The lowest BCUT2D eigenvalue weighted by Gasteiger charge is -2.52. The van der Waals surface area contributed by atoms with Crippen LogP contribution in [0.4, 0.5) is 0 Å². The van der Waals surface area contributed by atoms with Crippen LogP contribution < -0.4 is 0 Å². The minimum Gasteiger partial charge on any atom is -0.462 e. The van der Waals surface area contributed by atoms with E-state index in [1.807, 2.05) is 0 Å². The first kappa shape index (κ1) is 17.3. The Bertz CT molecular complexity index is 648. The zero-order valence-corrected chi connectivity index (χ0v) is 16.2. The van der Waals surface area contributed by atoms with Gasteiger partial charge in [0.15, 0.2) is 0 Å². The van der Waals surface area contributed by atoms with Gasteiger partial charge in [0.2, 0.25) is 0 Å². The molecule has 3 nitrogen and oxygen atoms in total. The molecule has 4 aliphatic rings. The molecule has 138 valence electrons. The van der Waals surface area contributed by atoms with Gasteiger partial charge in [0.1, 0.15) is 11.9 Å². The SMILES string of the molecule is CC(=O)[C@H]1CC[C@H]2C3=C(CC[C@]12C)[C@@]1(C)CCC(=O)O[C@@H](C)[C@@H]1CC3. The molecule has 1 heterocycles. The molecular formula is C22H32O3. The van der Waals surface area contributed by atoms with E-state index in [2.05, 4.69) is 20.8 Å². The molecular weight excluding hydrogens is 312 g/mol. The van der Waals surface area contributed by atoms with Crippen molar-refractivity contribution in [2.45, 2.75) is 85.2 Å². The summed E-state index contributed by atoms with van der Waals surface area (Å²) in [4.78, 5) is 24.2. The summed E-state index contributed by atoms with van der Waals surface area (Å²) < 4.78 is 5.67. The zero-order valence-electron chi connectivity index (χ0n) is 16.2. The summed E-state index contributed by atoms with van der Waals surface area (Å²) >= 11 is 0. The predicted octanol–water partition coefficient (Wildman–Crippen LogP) is 4.84. The van der Waals surface area contributed by atoms with Crippen LogP contribution in [0.25, 0.3) is 0 Å². The van der Waals surface area contributed by atoms with Gasteiger partial charge in [-0.15, -0.1) is 0 Å². The van der Waals surface area contributed by atoms with Crippen LogP contribution in [0.5, 0.6) is 0 Å². The number of ketones is 1. The lowest BCUT2D eigenvalue weighted by atomic mass is 9.52. The summed E-state index contributed by atoms with van der Waals surface area (Å²) in [6.07, 6.45) is 8.24. The minimum absolute atomic E-state index is 0.0240. The van der Waals surface area contributed by atoms with Crippen molar-refractivity contribution in [3.63, 3.8) is 0 Å². The lowest BCUT2D eigenvalue weighted by molar-refractivity contribution is -0.149. The molecule has 0 aromatic heterocycles. The molecule has 2 fully saturated rings. The van der Waals surface area contributed by atoms with Gasteiger partial charge in [-0.05, 0) is 75.5 Å². The lowest BCUT2D eigenvalue weighted by Crippen LogP contribution is -2.45.